The summed E-state index contributed by atoms with van der Waals surface area (Å²) in [4.78, 5) is 12.8. The van der Waals surface area contributed by atoms with Crippen molar-refractivity contribution < 1.29 is 17.6 Å². The smallest absolute Gasteiger partial charge is 0.243 e. The lowest BCUT2D eigenvalue weighted by Crippen LogP contribution is -2.43. The van der Waals surface area contributed by atoms with Crippen LogP contribution in [0, 0.1) is 12.7 Å². The summed E-state index contributed by atoms with van der Waals surface area (Å²) in [7, 11) is -3.78. The Morgan fingerprint density at radius 2 is 1.92 bits per heavy atom. The second-order valence-corrected chi connectivity index (χ2v) is 8.50. The van der Waals surface area contributed by atoms with Gasteiger partial charge in [-0.2, -0.15) is 4.31 Å². The molecule has 1 aliphatic rings. The Bertz CT molecular complexity index is 932. The predicted octanol–water partition coefficient (Wildman–Crippen LogP) is 3.58. The van der Waals surface area contributed by atoms with Crippen LogP contribution < -0.4 is 5.32 Å². The molecule has 8 heteroatoms. The van der Waals surface area contributed by atoms with Crippen molar-refractivity contribution >= 4 is 33.2 Å². The maximum absolute atomic E-state index is 13.1. The van der Waals surface area contributed by atoms with Gasteiger partial charge >= 0.3 is 0 Å². The largest absolute Gasteiger partial charge is 0.323 e. The predicted molar refractivity (Wildman–Crippen MR) is 98.1 cm³/mol. The highest BCUT2D eigenvalue weighted by Gasteiger charge is 2.39. The van der Waals surface area contributed by atoms with Crippen molar-refractivity contribution in [1.82, 2.24) is 4.31 Å². The number of aryl methyl sites for hydroxylation is 1. The standard InChI is InChI=1S/C18H18ClFN2O3S/c1-12-4-7-14(8-5-12)26(24,25)22-10-2-3-17(22)18(23)21-16-9-6-13(20)11-15(16)19/h4-9,11,17H,2-3,10H2,1H3,(H,21,23)/t17-/m1/s1. The Kier molecular flexibility index (Phi) is 5.32. The average Bonchev–Trinajstić information content (AvgIpc) is 3.08. The molecule has 2 aromatic carbocycles. The lowest BCUT2D eigenvalue weighted by Gasteiger charge is -2.23. The first-order chi connectivity index (χ1) is 12.3. The van der Waals surface area contributed by atoms with Crippen molar-refractivity contribution in [2.45, 2.75) is 30.7 Å². The van der Waals surface area contributed by atoms with Gasteiger partial charge in [0.25, 0.3) is 0 Å². The van der Waals surface area contributed by atoms with Crippen LogP contribution in [0.15, 0.2) is 47.4 Å². The third-order valence-electron chi connectivity index (χ3n) is 4.32. The molecule has 1 atom stereocenters. The van der Waals surface area contributed by atoms with Gasteiger partial charge in [-0.1, -0.05) is 29.3 Å². The molecule has 0 aliphatic carbocycles. The Morgan fingerprint density at radius 1 is 1.23 bits per heavy atom. The van der Waals surface area contributed by atoms with Crippen molar-refractivity contribution in [1.29, 1.82) is 0 Å². The van der Waals surface area contributed by atoms with Gasteiger partial charge in [0.05, 0.1) is 15.6 Å². The molecular weight excluding hydrogens is 379 g/mol. The lowest BCUT2D eigenvalue weighted by atomic mass is 10.2. The number of anilines is 1. The van der Waals surface area contributed by atoms with Crippen molar-refractivity contribution in [3.63, 3.8) is 0 Å². The molecule has 1 heterocycles. The van der Waals surface area contributed by atoms with Crippen LogP contribution in [0.5, 0.6) is 0 Å². The number of rotatable bonds is 4. The van der Waals surface area contributed by atoms with Crippen molar-refractivity contribution in [3.05, 3.63) is 58.9 Å². The second kappa shape index (κ2) is 7.34. The molecule has 0 unspecified atom stereocenters. The Hall–Kier alpha value is -1.96. The molecule has 1 N–H and O–H groups in total. The van der Waals surface area contributed by atoms with Crippen molar-refractivity contribution in [2.24, 2.45) is 0 Å². The van der Waals surface area contributed by atoms with E-state index in [9.17, 15) is 17.6 Å². The fraction of sp³-hybridized carbons (Fsp3) is 0.278. The number of sulfonamides is 1. The van der Waals surface area contributed by atoms with E-state index in [4.69, 9.17) is 11.6 Å². The van der Waals surface area contributed by atoms with E-state index >= 15 is 0 Å². The van der Waals surface area contributed by atoms with E-state index in [-0.39, 0.29) is 22.2 Å². The number of nitrogens with one attached hydrogen (secondary N) is 1. The number of carbonyl (C=O) groups is 1. The van der Waals surface area contributed by atoms with Crippen LogP contribution in [0.2, 0.25) is 5.02 Å². The highest BCUT2D eigenvalue weighted by atomic mass is 35.5. The Morgan fingerprint density at radius 3 is 2.58 bits per heavy atom. The van der Waals surface area contributed by atoms with Crippen LogP contribution in [0.25, 0.3) is 0 Å². The van der Waals surface area contributed by atoms with Gasteiger partial charge in [-0.15, -0.1) is 0 Å². The average molecular weight is 397 g/mol. The summed E-state index contributed by atoms with van der Waals surface area (Å²) in [6.07, 6.45) is 0.996. The molecule has 2 aromatic rings. The zero-order valence-electron chi connectivity index (χ0n) is 14.1. The summed E-state index contributed by atoms with van der Waals surface area (Å²) in [6, 6.07) is 9.30. The number of halogens is 2. The van der Waals surface area contributed by atoms with Crippen LogP contribution in [0.1, 0.15) is 18.4 Å². The minimum Gasteiger partial charge on any atom is -0.323 e. The molecule has 138 valence electrons. The van der Waals surface area contributed by atoms with Crippen LogP contribution in [-0.4, -0.2) is 31.2 Å². The molecule has 1 fully saturated rings. The van der Waals surface area contributed by atoms with Gasteiger partial charge in [0, 0.05) is 6.54 Å². The number of amides is 1. The van der Waals surface area contributed by atoms with Crippen molar-refractivity contribution in [2.75, 3.05) is 11.9 Å². The van der Waals surface area contributed by atoms with Gasteiger partial charge in [0.2, 0.25) is 15.9 Å². The van der Waals surface area contributed by atoms with Gasteiger partial charge in [-0.25, -0.2) is 12.8 Å². The molecule has 26 heavy (non-hydrogen) atoms. The van der Waals surface area contributed by atoms with Gasteiger partial charge in [0.15, 0.2) is 0 Å². The molecule has 1 saturated heterocycles. The number of benzene rings is 2. The number of carbonyl (C=O) groups excluding carboxylic acids is 1. The van der Waals surface area contributed by atoms with Crippen LogP contribution in [-0.2, 0) is 14.8 Å². The lowest BCUT2D eigenvalue weighted by molar-refractivity contribution is -0.119. The Balaban J connectivity index is 1.83. The fourth-order valence-corrected chi connectivity index (χ4v) is 4.81. The summed E-state index contributed by atoms with van der Waals surface area (Å²) in [5.41, 5.74) is 1.20. The molecule has 0 radical (unpaired) electrons. The maximum Gasteiger partial charge on any atom is 0.243 e. The molecule has 0 aromatic heterocycles. The highest BCUT2D eigenvalue weighted by molar-refractivity contribution is 7.89. The first-order valence-corrected chi connectivity index (χ1v) is 9.95. The van der Waals surface area contributed by atoms with E-state index in [1.165, 1.54) is 28.6 Å². The second-order valence-electron chi connectivity index (χ2n) is 6.20. The summed E-state index contributed by atoms with van der Waals surface area (Å²) in [5, 5.41) is 2.66. The van der Waals surface area contributed by atoms with Gasteiger partial charge in [0.1, 0.15) is 11.9 Å². The molecule has 1 aliphatic heterocycles. The summed E-state index contributed by atoms with van der Waals surface area (Å²) < 4.78 is 40.1. The highest BCUT2D eigenvalue weighted by Crippen LogP contribution is 2.28. The maximum atomic E-state index is 13.1. The zero-order chi connectivity index (χ0) is 18.9. The van der Waals surface area contributed by atoms with Crippen molar-refractivity contribution in [3.8, 4) is 0 Å². The molecule has 0 bridgehead atoms. The van der Waals surface area contributed by atoms with Crippen LogP contribution in [0.4, 0.5) is 10.1 Å². The third-order valence-corrected chi connectivity index (χ3v) is 6.56. The van der Waals surface area contributed by atoms with E-state index in [0.717, 1.165) is 11.6 Å². The van der Waals surface area contributed by atoms with Gasteiger partial charge < -0.3 is 5.32 Å². The quantitative estimate of drug-likeness (QED) is 0.858. The van der Waals surface area contributed by atoms with Crippen LogP contribution in [0.3, 0.4) is 0 Å². The molecular formula is C18H18ClFN2O3S. The first kappa shape index (κ1) is 18.8. The van der Waals surface area contributed by atoms with E-state index < -0.39 is 27.8 Å². The zero-order valence-corrected chi connectivity index (χ0v) is 15.6. The summed E-state index contributed by atoms with van der Waals surface area (Å²) >= 11 is 5.93. The number of nitrogens with zero attached hydrogens (tertiary/aromatic N) is 1. The molecule has 5 nitrogen and oxygen atoms in total. The third kappa shape index (κ3) is 3.75. The fourth-order valence-electron chi connectivity index (χ4n) is 2.94. The van der Waals surface area contributed by atoms with E-state index in [2.05, 4.69) is 5.32 Å². The molecule has 0 saturated carbocycles. The van der Waals surface area contributed by atoms with Gasteiger partial charge in [-0.05, 0) is 50.1 Å². The number of hydrogen-bond acceptors (Lipinski definition) is 3. The normalized spacial score (nSPS) is 18.0. The summed E-state index contributed by atoms with van der Waals surface area (Å²) in [5.74, 6) is -0.996. The van der Waals surface area contributed by atoms with E-state index in [1.807, 2.05) is 6.92 Å². The minimum atomic E-state index is -3.78. The minimum absolute atomic E-state index is 0.0595. The number of hydrogen-bond donors (Lipinski definition) is 1. The topological polar surface area (TPSA) is 66.5 Å². The molecule has 3 rings (SSSR count). The summed E-state index contributed by atoms with van der Waals surface area (Å²) in [6.45, 7) is 2.14. The SMILES string of the molecule is Cc1ccc(S(=O)(=O)N2CCC[C@@H]2C(=O)Nc2ccc(F)cc2Cl)cc1. The first-order valence-electron chi connectivity index (χ1n) is 8.13. The molecule has 0 spiro atoms. The van der Waals surface area contributed by atoms with E-state index in [0.29, 0.717) is 12.8 Å². The monoisotopic (exact) mass is 396 g/mol. The molecule has 1 amide bonds. The Labute approximate surface area is 156 Å². The van der Waals surface area contributed by atoms with Crippen LogP contribution >= 0.6 is 11.6 Å². The van der Waals surface area contributed by atoms with E-state index in [1.54, 1.807) is 12.1 Å². The van der Waals surface area contributed by atoms with Gasteiger partial charge in [-0.3, -0.25) is 4.79 Å².